The van der Waals surface area contributed by atoms with Crippen molar-refractivity contribution in [2.45, 2.75) is 12.8 Å². The minimum Gasteiger partial charge on any atom is -0.383 e. The van der Waals surface area contributed by atoms with Crippen LogP contribution in [-0.2, 0) is 17.6 Å². The van der Waals surface area contributed by atoms with Gasteiger partial charge < -0.3 is 15.0 Å². The molecule has 0 saturated heterocycles. The number of benzene rings is 1. The third-order valence-corrected chi connectivity index (χ3v) is 3.69. The maximum atomic E-state index is 5.42. The lowest BCUT2D eigenvalue weighted by Gasteiger charge is -2.23. The highest BCUT2D eigenvalue weighted by Gasteiger charge is 2.15. The van der Waals surface area contributed by atoms with E-state index in [1.54, 1.807) is 7.11 Å². The third-order valence-electron chi connectivity index (χ3n) is 3.29. The van der Waals surface area contributed by atoms with E-state index in [0.717, 1.165) is 37.6 Å². The second-order valence-corrected chi connectivity index (χ2v) is 4.87. The number of hydrogen-bond acceptors (Lipinski definition) is 2. The molecule has 1 aromatic carbocycles. The summed E-state index contributed by atoms with van der Waals surface area (Å²) >= 11 is 5.42. The molecule has 98 valence electrons. The first-order valence-corrected chi connectivity index (χ1v) is 6.80. The van der Waals surface area contributed by atoms with E-state index in [4.69, 9.17) is 17.0 Å². The van der Waals surface area contributed by atoms with Crippen molar-refractivity contribution in [1.82, 2.24) is 10.2 Å². The van der Waals surface area contributed by atoms with Crippen molar-refractivity contribution < 1.29 is 4.74 Å². The zero-order valence-corrected chi connectivity index (χ0v) is 11.6. The number of thiocarbonyl (C=S) groups is 1. The quantitative estimate of drug-likeness (QED) is 0.662. The maximum absolute atomic E-state index is 5.42. The van der Waals surface area contributed by atoms with Crippen LogP contribution in [0.3, 0.4) is 0 Å². The Morgan fingerprint density at radius 1 is 1.28 bits per heavy atom. The Kier molecular flexibility index (Phi) is 4.96. The first kappa shape index (κ1) is 13.3. The molecule has 0 aromatic heterocycles. The van der Waals surface area contributed by atoms with Crippen molar-refractivity contribution in [3.63, 3.8) is 0 Å². The van der Waals surface area contributed by atoms with Crippen LogP contribution in [0.15, 0.2) is 24.3 Å². The summed E-state index contributed by atoms with van der Waals surface area (Å²) in [6.07, 6.45) is 2.14. The summed E-state index contributed by atoms with van der Waals surface area (Å²) in [7, 11) is 1.70. The fraction of sp³-hybridized carbons (Fsp3) is 0.500. The van der Waals surface area contributed by atoms with Gasteiger partial charge in [0, 0.05) is 26.7 Å². The summed E-state index contributed by atoms with van der Waals surface area (Å²) in [5.74, 6) is 0. The van der Waals surface area contributed by atoms with Crippen LogP contribution >= 0.6 is 12.2 Å². The van der Waals surface area contributed by atoms with Gasteiger partial charge in [-0.2, -0.15) is 0 Å². The lowest BCUT2D eigenvalue weighted by molar-refractivity contribution is 0.203. The van der Waals surface area contributed by atoms with Gasteiger partial charge in [0.25, 0.3) is 0 Å². The van der Waals surface area contributed by atoms with Crippen molar-refractivity contribution in [1.29, 1.82) is 0 Å². The smallest absolute Gasteiger partial charge is 0.169 e. The van der Waals surface area contributed by atoms with Crippen molar-refractivity contribution in [2.24, 2.45) is 0 Å². The maximum Gasteiger partial charge on any atom is 0.169 e. The molecular formula is C14H20N2OS. The Labute approximate surface area is 114 Å². The van der Waals surface area contributed by atoms with Gasteiger partial charge in [0.2, 0.25) is 0 Å². The molecule has 0 bridgehead atoms. The Balaban J connectivity index is 1.89. The molecule has 1 aliphatic rings. The number of ether oxygens (including phenoxy) is 1. The highest BCUT2D eigenvalue weighted by molar-refractivity contribution is 7.80. The molecule has 0 spiro atoms. The van der Waals surface area contributed by atoms with Gasteiger partial charge in [-0.3, -0.25) is 0 Å². The van der Waals surface area contributed by atoms with Gasteiger partial charge in [0.05, 0.1) is 6.61 Å². The summed E-state index contributed by atoms with van der Waals surface area (Å²) in [5, 5.41) is 4.09. The third kappa shape index (κ3) is 3.43. The molecule has 0 aliphatic carbocycles. The fourth-order valence-electron chi connectivity index (χ4n) is 2.24. The number of nitrogens with one attached hydrogen (secondary N) is 1. The van der Waals surface area contributed by atoms with Crippen LogP contribution in [-0.4, -0.2) is 43.4 Å². The molecule has 0 fully saturated rings. The fourth-order valence-corrected chi connectivity index (χ4v) is 2.53. The highest BCUT2D eigenvalue weighted by atomic mass is 32.1. The number of fused-ring (bicyclic) bond motifs is 1. The van der Waals surface area contributed by atoms with Gasteiger partial charge >= 0.3 is 0 Å². The molecular weight excluding hydrogens is 244 g/mol. The predicted molar refractivity (Wildman–Crippen MR) is 77.9 cm³/mol. The molecule has 1 aromatic rings. The van der Waals surface area contributed by atoms with Gasteiger partial charge in [-0.1, -0.05) is 24.3 Å². The minimum atomic E-state index is 0.689. The van der Waals surface area contributed by atoms with E-state index in [1.807, 2.05) is 0 Å². The van der Waals surface area contributed by atoms with Crippen LogP contribution in [0, 0.1) is 0 Å². The van der Waals surface area contributed by atoms with Gasteiger partial charge in [-0.25, -0.2) is 0 Å². The normalized spacial score (nSPS) is 14.8. The molecule has 1 N–H and O–H groups in total. The molecule has 18 heavy (non-hydrogen) atoms. The van der Waals surface area contributed by atoms with Gasteiger partial charge in [0.15, 0.2) is 5.11 Å². The molecule has 0 atom stereocenters. The standard InChI is InChI=1S/C14H20N2OS/c1-17-11-8-15-14(18)16-9-6-12-4-2-3-5-13(12)7-10-16/h2-5H,6-11H2,1H3,(H,15,18). The van der Waals surface area contributed by atoms with E-state index in [-0.39, 0.29) is 0 Å². The molecule has 2 rings (SSSR count). The second-order valence-electron chi connectivity index (χ2n) is 4.48. The van der Waals surface area contributed by atoms with Gasteiger partial charge in [-0.15, -0.1) is 0 Å². The largest absolute Gasteiger partial charge is 0.383 e. The number of methoxy groups -OCH3 is 1. The minimum absolute atomic E-state index is 0.689. The van der Waals surface area contributed by atoms with Crippen molar-refractivity contribution in [3.8, 4) is 0 Å². The van der Waals surface area contributed by atoms with Crippen LogP contribution in [0.5, 0.6) is 0 Å². The van der Waals surface area contributed by atoms with E-state index in [9.17, 15) is 0 Å². The summed E-state index contributed by atoms with van der Waals surface area (Å²) in [6.45, 7) is 3.46. The van der Waals surface area contributed by atoms with Crippen LogP contribution in [0.1, 0.15) is 11.1 Å². The average Bonchev–Trinajstić information content (AvgIpc) is 2.61. The average molecular weight is 264 g/mol. The van der Waals surface area contributed by atoms with Crippen molar-refractivity contribution in [2.75, 3.05) is 33.4 Å². The van der Waals surface area contributed by atoms with E-state index >= 15 is 0 Å². The van der Waals surface area contributed by atoms with Crippen molar-refractivity contribution in [3.05, 3.63) is 35.4 Å². The second kappa shape index (κ2) is 6.71. The molecule has 0 radical (unpaired) electrons. The zero-order valence-electron chi connectivity index (χ0n) is 10.8. The van der Waals surface area contributed by atoms with E-state index < -0.39 is 0 Å². The lowest BCUT2D eigenvalue weighted by atomic mass is 10.0. The van der Waals surface area contributed by atoms with E-state index in [1.165, 1.54) is 11.1 Å². The molecule has 1 heterocycles. The highest BCUT2D eigenvalue weighted by Crippen LogP contribution is 2.15. The van der Waals surface area contributed by atoms with Gasteiger partial charge in [0.1, 0.15) is 0 Å². The van der Waals surface area contributed by atoms with Crippen LogP contribution < -0.4 is 5.32 Å². The molecule has 0 unspecified atom stereocenters. The van der Waals surface area contributed by atoms with Crippen LogP contribution in [0.4, 0.5) is 0 Å². The summed E-state index contributed by atoms with van der Waals surface area (Å²) in [5.41, 5.74) is 2.92. The number of hydrogen-bond donors (Lipinski definition) is 1. The van der Waals surface area contributed by atoms with Gasteiger partial charge in [-0.05, 0) is 36.2 Å². The first-order chi connectivity index (χ1) is 8.81. The van der Waals surface area contributed by atoms with Crippen LogP contribution in [0.25, 0.3) is 0 Å². The molecule has 0 amide bonds. The summed E-state index contributed by atoms with van der Waals surface area (Å²) in [6, 6.07) is 8.67. The first-order valence-electron chi connectivity index (χ1n) is 6.40. The Hall–Kier alpha value is -1.13. The van der Waals surface area contributed by atoms with Crippen molar-refractivity contribution >= 4 is 17.3 Å². The molecule has 1 aliphatic heterocycles. The Bertz CT molecular complexity index is 382. The molecule has 0 saturated carbocycles. The van der Waals surface area contributed by atoms with E-state index in [0.29, 0.717) is 6.61 Å². The Morgan fingerprint density at radius 3 is 2.44 bits per heavy atom. The SMILES string of the molecule is COCCNC(=S)N1CCc2ccccc2CC1. The Morgan fingerprint density at radius 2 is 1.89 bits per heavy atom. The zero-order chi connectivity index (χ0) is 12.8. The number of rotatable bonds is 3. The lowest BCUT2D eigenvalue weighted by Crippen LogP contribution is -2.42. The monoisotopic (exact) mass is 264 g/mol. The summed E-state index contributed by atoms with van der Waals surface area (Å²) in [4.78, 5) is 2.25. The molecule has 3 nitrogen and oxygen atoms in total. The van der Waals surface area contributed by atoms with Crippen LogP contribution in [0.2, 0.25) is 0 Å². The summed E-state index contributed by atoms with van der Waals surface area (Å²) < 4.78 is 5.01. The number of nitrogens with zero attached hydrogens (tertiary/aromatic N) is 1. The molecule has 4 heteroatoms. The van der Waals surface area contributed by atoms with E-state index in [2.05, 4.69) is 34.5 Å². The topological polar surface area (TPSA) is 24.5 Å². The predicted octanol–water partition coefficient (Wildman–Crippen LogP) is 1.61.